The molecule has 2 aliphatic rings. The third kappa shape index (κ3) is 2.54. The minimum absolute atomic E-state index is 0.310. The molecule has 1 aliphatic carbocycles. The van der Waals surface area contributed by atoms with Crippen LogP contribution in [-0.4, -0.2) is 31.1 Å². The molecule has 0 amide bonds. The van der Waals surface area contributed by atoms with Gasteiger partial charge in [0.2, 0.25) is 0 Å². The first-order valence-electron chi connectivity index (χ1n) is 7.54. The van der Waals surface area contributed by atoms with Gasteiger partial charge in [0, 0.05) is 22.7 Å². The van der Waals surface area contributed by atoms with E-state index in [-0.39, 0.29) is 0 Å². The molecule has 1 aliphatic heterocycles. The number of nitrogens with two attached hydrogens (primary N) is 1. The number of nitrogens with zero attached hydrogens (tertiary/aromatic N) is 1. The van der Waals surface area contributed by atoms with Crippen molar-refractivity contribution in [1.29, 1.82) is 0 Å². The van der Waals surface area contributed by atoms with Gasteiger partial charge in [-0.15, -0.1) is 0 Å². The van der Waals surface area contributed by atoms with Crippen LogP contribution in [0.3, 0.4) is 0 Å². The second kappa shape index (κ2) is 5.92. The number of piperidine rings is 1. The highest BCUT2D eigenvalue weighted by Gasteiger charge is 2.41. The van der Waals surface area contributed by atoms with E-state index < -0.39 is 0 Å². The predicted molar refractivity (Wildman–Crippen MR) is 82.3 cm³/mol. The summed E-state index contributed by atoms with van der Waals surface area (Å²) in [6, 6.07) is 6.95. The third-order valence-corrected chi connectivity index (χ3v) is 4.97. The first-order chi connectivity index (χ1) is 9.76. The van der Waals surface area contributed by atoms with E-state index in [0.29, 0.717) is 18.5 Å². The lowest BCUT2D eigenvalue weighted by Gasteiger charge is -2.42. The molecule has 2 atom stereocenters. The number of halogens is 1. The van der Waals surface area contributed by atoms with E-state index >= 15 is 0 Å². The number of benzene rings is 1. The monoisotopic (exact) mass is 294 g/mol. The van der Waals surface area contributed by atoms with Gasteiger partial charge in [-0.05, 0) is 56.8 Å². The molecular weight excluding hydrogens is 272 g/mol. The van der Waals surface area contributed by atoms with E-state index in [0.717, 1.165) is 28.9 Å². The van der Waals surface area contributed by atoms with Gasteiger partial charge in [-0.1, -0.05) is 17.7 Å². The highest BCUT2D eigenvalue weighted by atomic mass is 35.5. The van der Waals surface area contributed by atoms with Gasteiger partial charge in [-0.3, -0.25) is 4.90 Å². The van der Waals surface area contributed by atoms with Gasteiger partial charge in [0.1, 0.15) is 5.75 Å². The summed E-state index contributed by atoms with van der Waals surface area (Å²) in [5.41, 5.74) is 7.18. The van der Waals surface area contributed by atoms with Crippen LogP contribution < -0.4 is 10.5 Å². The average Bonchev–Trinajstić information content (AvgIpc) is 3.31. The smallest absolute Gasteiger partial charge is 0.125 e. The Labute approximate surface area is 126 Å². The molecule has 3 nitrogen and oxygen atoms in total. The fraction of sp³-hybridized carbons (Fsp3) is 0.625. The van der Waals surface area contributed by atoms with Crippen LogP contribution >= 0.6 is 11.6 Å². The zero-order chi connectivity index (χ0) is 14.1. The van der Waals surface area contributed by atoms with Crippen LogP contribution in [0.15, 0.2) is 18.2 Å². The normalized spacial score (nSPS) is 27.6. The molecule has 2 fully saturated rings. The van der Waals surface area contributed by atoms with Crippen LogP contribution in [0.5, 0.6) is 5.75 Å². The lowest BCUT2D eigenvalue weighted by Crippen LogP contribution is -2.43. The fourth-order valence-electron chi connectivity index (χ4n) is 3.55. The zero-order valence-electron chi connectivity index (χ0n) is 12.0. The molecule has 1 saturated heterocycles. The van der Waals surface area contributed by atoms with Gasteiger partial charge in [0.05, 0.1) is 7.11 Å². The summed E-state index contributed by atoms with van der Waals surface area (Å²) in [6.45, 7) is 1.86. The van der Waals surface area contributed by atoms with Crippen LogP contribution in [0.1, 0.15) is 37.3 Å². The van der Waals surface area contributed by atoms with E-state index in [2.05, 4.69) is 4.90 Å². The highest BCUT2D eigenvalue weighted by Crippen LogP contribution is 2.47. The summed E-state index contributed by atoms with van der Waals surface area (Å²) in [5, 5.41) is 0.806. The molecule has 4 heteroatoms. The van der Waals surface area contributed by atoms with Crippen molar-refractivity contribution in [3.63, 3.8) is 0 Å². The maximum atomic E-state index is 6.51. The summed E-state index contributed by atoms with van der Waals surface area (Å²) in [4.78, 5) is 2.62. The zero-order valence-corrected chi connectivity index (χ0v) is 12.8. The highest BCUT2D eigenvalue weighted by molar-refractivity contribution is 6.31. The second-order valence-corrected chi connectivity index (χ2v) is 6.31. The molecule has 0 aromatic heterocycles. The molecule has 0 bridgehead atoms. The minimum atomic E-state index is 0.310. The van der Waals surface area contributed by atoms with E-state index in [1.54, 1.807) is 7.11 Å². The van der Waals surface area contributed by atoms with Crippen molar-refractivity contribution in [2.45, 2.75) is 37.8 Å². The maximum Gasteiger partial charge on any atom is 0.125 e. The Kier molecular flexibility index (Phi) is 4.20. The van der Waals surface area contributed by atoms with Crippen molar-refractivity contribution in [2.75, 3.05) is 20.2 Å². The molecule has 2 N–H and O–H groups in total. The van der Waals surface area contributed by atoms with Gasteiger partial charge in [-0.25, -0.2) is 0 Å². The summed E-state index contributed by atoms with van der Waals surface area (Å²) >= 11 is 6.51. The first-order valence-corrected chi connectivity index (χ1v) is 7.92. The van der Waals surface area contributed by atoms with E-state index in [1.807, 2.05) is 18.2 Å². The Balaban J connectivity index is 2.02. The van der Waals surface area contributed by atoms with Crippen molar-refractivity contribution < 1.29 is 4.74 Å². The van der Waals surface area contributed by atoms with Crippen molar-refractivity contribution in [2.24, 2.45) is 11.7 Å². The maximum absolute atomic E-state index is 6.51. The molecule has 110 valence electrons. The third-order valence-electron chi connectivity index (χ3n) is 4.64. The minimum Gasteiger partial charge on any atom is -0.496 e. The molecule has 1 aromatic carbocycles. The molecule has 1 heterocycles. The predicted octanol–water partition coefficient (Wildman–Crippen LogP) is 3.22. The quantitative estimate of drug-likeness (QED) is 0.926. The van der Waals surface area contributed by atoms with Gasteiger partial charge < -0.3 is 10.5 Å². The Hall–Kier alpha value is -0.770. The van der Waals surface area contributed by atoms with Crippen LogP contribution in [0.2, 0.25) is 5.02 Å². The van der Waals surface area contributed by atoms with Gasteiger partial charge >= 0.3 is 0 Å². The van der Waals surface area contributed by atoms with E-state index in [9.17, 15) is 0 Å². The Morgan fingerprint density at radius 1 is 1.35 bits per heavy atom. The number of hydrogen-bond acceptors (Lipinski definition) is 3. The van der Waals surface area contributed by atoms with Crippen LogP contribution in [-0.2, 0) is 0 Å². The molecule has 20 heavy (non-hydrogen) atoms. The standard InChI is InChI=1S/C16H23ClN2O/c1-20-14-6-2-5-13(17)15(14)16-11(10-18)4-3-9-19(16)12-7-8-12/h2,5-6,11-12,16H,3-4,7-10,18H2,1H3. The number of rotatable bonds is 4. The van der Waals surface area contributed by atoms with Crippen molar-refractivity contribution in [3.05, 3.63) is 28.8 Å². The number of ether oxygens (including phenoxy) is 1. The first kappa shape index (κ1) is 14.2. The summed E-state index contributed by atoms with van der Waals surface area (Å²) in [7, 11) is 1.72. The lowest BCUT2D eigenvalue weighted by molar-refractivity contribution is 0.0861. The Morgan fingerprint density at radius 3 is 2.80 bits per heavy atom. The number of methoxy groups -OCH3 is 1. The molecule has 3 rings (SSSR count). The average molecular weight is 295 g/mol. The summed E-state index contributed by atoms with van der Waals surface area (Å²) < 4.78 is 5.57. The topological polar surface area (TPSA) is 38.5 Å². The molecule has 1 saturated carbocycles. The number of hydrogen-bond donors (Lipinski definition) is 1. The molecule has 0 radical (unpaired) electrons. The van der Waals surface area contributed by atoms with Gasteiger partial charge in [0.15, 0.2) is 0 Å². The molecule has 2 unspecified atom stereocenters. The van der Waals surface area contributed by atoms with Crippen molar-refractivity contribution in [3.8, 4) is 5.75 Å². The van der Waals surface area contributed by atoms with Crippen LogP contribution in [0, 0.1) is 5.92 Å². The van der Waals surface area contributed by atoms with Crippen LogP contribution in [0.4, 0.5) is 0 Å². The SMILES string of the molecule is COc1cccc(Cl)c1C1C(CN)CCCN1C1CC1. The van der Waals surface area contributed by atoms with Gasteiger partial charge in [0.25, 0.3) is 0 Å². The number of likely N-dealkylation sites (tertiary alicyclic amines) is 1. The molecule has 1 aromatic rings. The summed E-state index contributed by atoms with van der Waals surface area (Å²) in [5.74, 6) is 1.37. The second-order valence-electron chi connectivity index (χ2n) is 5.91. The van der Waals surface area contributed by atoms with Crippen molar-refractivity contribution >= 4 is 11.6 Å². The Bertz CT molecular complexity index is 476. The molecule has 0 spiro atoms. The fourth-order valence-corrected chi connectivity index (χ4v) is 3.83. The van der Waals surface area contributed by atoms with Crippen LogP contribution in [0.25, 0.3) is 0 Å². The van der Waals surface area contributed by atoms with Crippen molar-refractivity contribution in [1.82, 2.24) is 4.90 Å². The molecular formula is C16H23ClN2O. The van der Waals surface area contributed by atoms with Gasteiger partial charge in [-0.2, -0.15) is 0 Å². The summed E-state index contributed by atoms with van der Waals surface area (Å²) in [6.07, 6.45) is 5.03. The largest absolute Gasteiger partial charge is 0.496 e. The van der Waals surface area contributed by atoms with E-state index in [1.165, 1.54) is 25.7 Å². The van der Waals surface area contributed by atoms with E-state index in [4.69, 9.17) is 22.1 Å². The lowest BCUT2D eigenvalue weighted by atomic mass is 9.84. The Morgan fingerprint density at radius 2 is 2.15 bits per heavy atom.